The molecule has 0 saturated carbocycles. The number of esters is 2. The molecule has 1 aliphatic heterocycles. The first kappa shape index (κ1) is 34.4. The Morgan fingerprint density at radius 2 is 1.76 bits per heavy atom. The van der Waals surface area contributed by atoms with Crippen LogP contribution in [-0.4, -0.2) is 111 Å². The molecule has 15 nitrogen and oxygen atoms in total. The molecule has 0 aromatic heterocycles. The number of nitrogens with zero attached hydrogens (tertiary/aromatic N) is 1. The van der Waals surface area contributed by atoms with E-state index < -0.39 is 79.2 Å². The van der Waals surface area contributed by atoms with Gasteiger partial charge in [-0.1, -0.05) is 25.1 Å². The Balaban J connectivity index is 2.27. The van der Waals surface area contributed by atoms with Crippen molar-refractivity contribution in [1.29, 1.82) is 0 Å². The average Bonchev–Trinajstić information content (AvgIpc) is 3.00. The molecule has 0 aliphatic carbocycles. The minimum Gasteiger partial charge on any atom is -0.469 e. The fraction of sp³-hybridized carbons (Fsp3) is 0.593. The van der Waals surface area contributed by atoms with Gasteiger partial charge in [0.15, 0.2) is 0 Å². The highest BCUT2D eigenvalue weighted by Gasteiger charge is 2.49. The lowest BCUT2D eigenvalue weighted by molar-refractivity contribution is -0.264. The lowest BCUT2D eigenvalue weighted by Crippen LogP contribution is -2.67. The number of carbonyl (C=O) groups excluding carboxylic acids is 5. The number of carbonyl (C=O) groups is 5. The Hall–Kier alpha value is -3.79. The van der Waals surface area contributed by atoms with Gasteiger partial charge in [-0.25, -0.2) is 9.59 Å². The van der Waals surface area contributed by atoms with Gasteiger partial charge in [0.25, 0.3) is 0 Å². The fourth-order valence-electron chi connectivity index (χ4n) is 4.05. The third-order valence-electron chi connectivity index (χ3n) is 6.53. The van der Waals surface area contributed by atoms with Gasteiger partial charge in [0.2, 0.25) is 18.1 Å². The summed E-state index contributed by atoms with van der Waals surface area (Å²) in [6.45, 7) is 2.18. The van der Waals surface area contributed by atoms with Crippen molar-refractivity contribution >= 4 is 35.5 Å². The largest absolute Gasteiger partial charge is 0.469 e. The lowest BCUT2D eigenvalue weighted by atomic mass is 9.96. The standard InChI is InChI=1S/C27H39N3O12/c1-6-19(32)29-21-23(40-15(2)24(35)28-17(25(36)39-5)12-13-20(33)38-4)22(34)18(14-31)41-26(21)42-27(37)30(3)16-10-8-7-9-11-16/h7-11,15,17-18,21-23,26,31,34H,6,12-14H2,1-5H3,(H,28,35)(H,29,32)/t15-,17?,18-,21-,22-,23-,26?/m1/s1. The number of hydrogen-bond donors (Lipinski definition) is 4. The highest BCUT2D eigenvalue weighted by molar-refractivity contribution is 5.88. The van der Waals surface area contributed by atoms with Crippen LogP contribution in [0.3, 0.4) is 0 Å². The molecule has 1 saturated heterocycles. The highest BCUT2D eigenvalue weighted by Crippen LogP contribution is 2.27. The van der Waals surface area contributed by atoms with Gasteiger partial charge in [0.1, 0.15) is 36.5 Å². The first-order valence-electron chi connectivity index (χ1n) is 13.3. The second-order valence-electron chi connectivity index (χ2n) is 9.38. The number of para-hydroxylation sites is 1. The summed E-state index contributed by atoms with van der Waals surface area (Å²) in [6.07, 6.45) is -8.35. The van der Waals surface area contributed by atoms with Crippen LogP contribution in [-0.2, 0) is 42.9 Å². The smallest absolute Gasteiger partial charge is 0.416 e. The van der Waals surface area contributed by atoms with Crippen LogP contribution in [0.5, 0.6) is 0 Å². The van der Waals surface area contributed by atoms with E-state index in [0.717, 1.165) is 7.11 Å². The third kappa shape index (κ3) is 9.37. The molecule has 42 heavy (non-hydrogen) atoms. The van der Waals surface area contributed by atoms with Crippen molar-refractivity contribution < 1.29 is 57.9 Å². The van der Waals surface area contributed by atoms with Gasteiger partial charge in [-0.2, -0.15) is 0 Å². The van der Waals surface area contributed by atoms with Gasteiger partial charge in [-0.15, -0.1) is 0 Å². The Morgan fingerprint density at radius 1 is 1.10 bits per heavy atom. The van der Waals surface area contributed by atoms with Crippen molar-refractivity contribution in [2.45, 2.75) is 75.9 Å². The van der Waals surface area contributed by atoms with Crippen molar-refractivity contribution in [3.8, 4) is 0 Å². The van der Waals surface area contributed by atoms with Crippen LogP contribution < -0.4 is 15.5 Å². The van der Waals surface area contributed by atoms with Crippen molar-refractivity contribution in [2.24, 2.45) is 0 Å². The molecule has 1 aliphatic rings. The summed E-state index contributed by atoms with van der Waals surface area (Å²) in [6, 6.07) is 6.01. The minimum absolute atomic E-state index is 0.0182. The van der Waals surface area contributed by atoms with Gasteiger partial charge >= 0.3 is 18.0 Å². The summed E-state index contributed by atoms with van der Waals surface area (Å²) in [5.41, 5.74) is 0.497. The van der Waals surface area contributed by atoms with Crippen LogP contribution in [0.15, 0.2) is 30.3 Å². The molecule has 0 radical (unpaired) electrons. The van der Waals surface area contributed by atoms with Gasteiger partial charge in [-0.05, 0) is 25.5 Å². The summed E-state index contributed by atoms with van der Waals surface area (Å²) in [5.74, 6) is -2.73. The molecule has 1 fully saturated rings. The second-order valence-corrected chi connectivity index (χ2v) is 9.38. The molecule has 15 heteroatoms. The van der Waals surface area contributed by atoms with Crippen LogP contribution in [0.25, 0.3) is 0 Å². The van der Waals surface area contributed by atoms with E-state index in [1.54, 1.807) is 37.3 Å². The number of anilines is 1. The van der Waals surface area contributed by atoms with Crippen LogP contribution in [0.4, 0.5) is 10.5 Å². The molecule has 234 valence electrons. The van der Waals surface area contributed by atoms with E-state index in [1.807, 2.05) is 0 Å². The number of aliphatic hydroxyl groups is 2. The predicted molar refractivity (Wildman–Crippen MR) is 145 cm³/mol. The number of hydrogen-bond acceptors (Lipinski definition) is 12. The van der Waals surface area contributed by atoms with Crippen LogP contribution in [0, 0.1) is 0 Å². The Bertz CT molecular complexity index is 1070. The zero-order valence-corrected chi connectivity index (χ0v) is 24.2. The number of rotatable bonds is 13. The number of benzene rings is 1. The van der Waals surface area contributed by atoms with Gasteiger partial charge in [0, 0.05) is 25.6 Å². The van der Waals surface area contributed by atoms with Crippen LogP contribution in [0.2, 0.25) is 0 Å². The van der Waals surface area contributed by atoms with Gasteiger partial charge < -0.3 is 44.5 Å². The summed E-state index contributed by atoms with van der Waals surface area (Å²) < 4.78 is 26.3. The van der Waals surface area contributed by atoms with Crippen LogP contribution in [0.1, 0.15) is 33.1 Å². The van der Waals surface area contributed by atoms with E-state index in [2.05, 4.69) is 15.4 Å². The van der Waals surface area contributed by atoms with E-state index in [0.29, 0.717) is 5.69 Å². The quantitative estimate of drug-likeness (QED) is 0.170. The molecule has 0 bridgehead atoms. The summed E-state index contributed by atoms with van der Waals surface area (Å²) >= 11 is 0. The zero-order chi connectivity index (χ0) is 31.4. The molecule has 3 amide bonds. The molecule has 2 rings (SSSR count). The molecule has 1 aromatic rings. The van der Waals surface area contributed by atoms with Crippen molar-refractivity contribution in [3.63, 3.8) is 0 Å². The SMILES string of the molecule is CCC(=O)N[C@H]1C(OC(=O)N(C)c2ccccc2)O[C@H](CO)[C@@H](O)[C@@H]1O[C@H](C)C(=O)NC(CCC(=O)OC)C(=O)OC. The maximum Gasteiger partial charge on any atom is 0.416 e. The summed E-state index contributed by atoms with van der Waals surface area (Å²) in [7, 11) is 3.75. The molecule has 4 N–H and O–H groups in total. The first-order chi connectivity index (χ1) is 20.0. The molecule has 1 aromatic carbocycles. The topological polar surface area (TPSA) is 199 Å². The van der Waals surface area contributed by atoms with E-state index >= 15 is 0 Å². The number of ether oxygens (including phenoxy) is 5. The molecular formula is C27H39N3O12. The molecule has 7 atom stereocenters. The molecule has 2 unspecified atom stereocenters. The van der Waals surface area contributed by atoms with Crippen LogP contribution >= 0.6 is 0 Å². The van der Waals surface area contributed by atoms with Crippen molar-refractivity contribution in [1.82, 2.24) is 10.6 Å². The van der Waals surface area contributed by atoms with E-state index in [9.17, 15) is 34.2 Å². The maximum absolute atomic E-state index is 13.0. The fourth-order valence-corrected chi connectivity index (χ4v) is 4.05. The minimum atomic E-state index is -1.58. The van der Waals surface area contributed by atoms with Gasteiger partial charge in [-0.3, -0.25) is 19.3 Å². The van der Waals surface area contributed by atoms with E-state index in [4.69, 9.17) is 18.9 Å². The van der Waals surface area contributed by atoms with Crippen molar-refractivity contribution in [3.05, 3.63) is 30.3 Å². The number of methoxy groups -OCH3 is 2. The predicted octanol–water partition coefficient (Wildman–Crippen LogP) is -0.383. The molecule has 0 spiro atoms. The summed E-state index contributed by atoms with van der Waals surface area (Å²) in [5, 5.41) is 25.9. The number of nitrogens with one attached hydrogen (secondary N) is 2. The highest BCUT2D eigenvalue weighted by atomic mass is 16.7. The maximum atomic E-state index is 13.0. The monoisotopic (exact) mass is 597 g/mol. The molecule has 1 heterocycles. The van der Waals surface area contributed by atoms with Gasteiger partial charge in [0.05, 0.1) is 20.8 Å². The van der Waals surface area contributed by atoms with Crippen molar-refractivity contribution in [2.75, 3.05) is 32.8 Å². The average molecular weight is 598 g/mol. The van der Waals surface area contributed by atoms with E-state index in [1.165, 1.54) is 26.0 Å². The number of amides is 3. The zero-order valence-electron chi connectivity index (χ0n) is 24.2. The second kappa shape index (κ2) is 16.6. The Labute approximate surface area is 243 Å². The normalized spacial score (nSPS) is 23.1. The number of aliphatic hydroxyl groups excluding tert-OH is 2. The van der Waals surface area contributed by atoms with E-state index in [-0.39, 0.29) is 19.3 Å². The Morgan fingerprint density at radius 3 is 2.33 bits per heavy atom. The third-order valence-corrected chi connectivity index (χ3v) is 6.53. The lowest BCUT2D eigenvalue weighted by Gasteiger charge is -2.44. The first-order valence-corrected chi connectivity index (χ1v) is 13.3. The Kier molecular flexibility index (Phi) is 13.6. The summed E-state index contributed by atoms with van der Waals surface area (Å²) in [4.78, 5) is 63.3. The molecular weight excluding hydrogens is 558 g/mol.